The van der Waals surface area contributed by atoms with Crippen molar-refractivity contribution in [2.45, 2.75) is 20.8 Å². The third-order valence-corrected chi connectivity index (χ3v) is 2.85. The number of ketones is 1. The predicted molar refractivity (Wildman–Crippen MR) is 59.0 cm³/mol. The van der Waals surface area contributed by atoms with E-state index in [2.05, 4.69) is 8.86 Å². The molecule has 0 aromatic heterocycles. The largest absolute Gasteiger partial charge is 0.294 e. The van der Waals surface area contributed by atoms with Crippen molar-refractivity contribution in [2.24, 2.45) is 0 Å². The summed E-state index contributed by atoms with van der Waals surface area (Å²) in [4.78, 5) is 11.1. The highest BCUT2D eigenvalue weighted by atomic mass is 31.0. The summed E-state index contributed by atoms with van der Waals surface area (Å²) < 4.78 is 0. The van der Waals surface area contributed by atoms with E-state index in [-0.39, 0.29) is 5.78 Å². The van der Waals surface area contributed by atoms with Gasteiger partial charge < -0.3 is 0 Å². The van der Waals surface area contributed by atoms with E-state index in [4.69, 9.17) is 0 Å². The number of Topliss-reactive ketones (excluding diaryl/α,β-unsaturated/α-hetero) is 1. The molecule has 1 nitrogen and oxygen atoms in total. The Balaban J connectivity index is 3.23. The first-order valence-corrected chi connectivity index (χ1v) is 4.70. The highest BCUT2D eigenvalue weighted by Gasteiger charge is 2.08. The van der Waals surface area contributed by atoms with Crippen LogP contribution in [-0.2, 0) is 4.79 Å². The van der Waals surface area contributed by atoms with Crippen molar-refractivity contribution in [2.75, 3.05) is 0 Å². The molecule has 68 valence electrons. The monoisotopic (exact) mass is 192 g/mol. The minimum atomic E-state index is 0.0605. The van der Waals surface area contributed by atoms with E-state index < -0.39 is 0 Å². The standard InChI is InChI=1S/C11H13OP/c1-7-5-4-6-10(8(7)2)11(13)9(3)12/h4-6,13H,1-3H3. The molecule has 2 heteroatoms. The van der Waals surface area contributed by atoms with Gasteiger partial charge in [0.15, 0.2) is 5.78 Å². The summed E-state index contributed by atoms with van der Waals surface area (Å²) in [5.74, 6) is 0.0605. The molecule has 0 fully saturated rings. The van der Waals surface area contributed by atoms with Crippen molar-refractivity contribution >= 4 is 19.9 Å². The summed E-state index contributed by atoms with van der Waals surface area (Å²) in [6.45, 7) is 5.62. The van der Waals surface area contributed by atoms with Crippen LogP contribution in [0.25, 0.3) is 0 Å². The van der Waals surface area contributed by atoms with Gasteiger partial charge in [-0.2, -0.15) is 0 Å². The van der Waals surface area contributed by atoms with Crippen molar-refractivity contribution in [1.29, 1.82) is 0 Å². The van der Waals surface area contributed by atoms with Crippen molar-refractivity contribution in [3.63, 3.8) is 0 Å². The van der Waals surface area contributed by atoms with Crippen LogP contribution < -0.4 is 0 Å². The number of aryl methyl sites for hydroxylation is 1. The van der Waals surface area contributed by atoms with Crippen molar-refractivity contribution in [3.05, 3.63) is 34.9 Å². The quantitative estimate of drug-likeness (QED) is 0.658. The average Bonchev–Trinajstić information content (AvgIpc) is 2.08. The zero-order chi connectivity index (χ0) is 10.0. The second-order valence-corrected chi connectivity index (χ2v) is 3.68. The van der Waals surface area contributed by atoms with Crippen LogP contribution in [0.15, 0.2) is 18.2 Å². The molecule has 0 amide bonds. The molecule has 0 N–H and O–H groups in total. The molecule has 0 aliphatic rings. The van der Waals surface area contributed by atoms with Gasteiger partial charge in [0.2, 0.25) is 0 Å². The van der Waals surface area contributed by atoms with Gasteiger partial charge in [-0.25, -0.2) is 0 Å². The zero-order valence-electron chi connectivity index (χ0n) is 8.14. The fourth-order valence-electron chi connectivity index (χ4n) is 1.21. The Morgan fingerprint density at radius 2 is 1.92 bits per heavy atom. The van der Waals surface area contributed by atoms with E-state index in [0.29, 0.717) is 5.29 Å². The number of hydrogen-bond acceptors (Lipinski definition) is 1. The molecular weight excluding hydrogens is 179 g/mol. The van der Waals surface area contributed by atoms with Crippen LogP contribution in [0.3, 0.4) is 0 Å². The molecular formula is C11H13OP. The van der Waals surface area contributed by atoms with Crippen LogP contribution >= 0.6 is 8.86 Å². The Hall–Kier alpha value is -0.940. The molecule has 0 saturated carbocycles. The van der Waals surface area contributed by atoms with E-state index in [0.717, 1.165) is 11.1 Å². The molecule has 13 heavy (non-hydrogen) atoms. The van der Waals surface area contributed by atoms with Crippen molar-refractivity contribution < 1.29 is 4.79 Å². The second kappa shape index (κ2) is 3.85. The molecule has 1 rings (SSSR count). The third kappa shape index (κ3) is 2.05. The molecule has 1 aromatic rings. The fraction of sp³-hybridized carbons (Fsp3) is 0.273. The Morgan fingerprint density at radius 1 is 1.31 bits per heavy atom. The number of benzene rings is 1. The van der Waals surface area contributed by atoms with Crippen LogP contribution in [0, 0.1) is 13.8 Å². The van der Waals surface area contributed by atoms with Crippen molar-refractivity contribution in [3.8, 4) is 0 Å². The maximum absolute atomic E-state index is 11.1. The highest BCUT2D eigenvalue weighted by Crippen LogP contribution is 2.14. The topological polar surface area (TPSA) is 17.1 Å². The minimum absolute atomic E-state index is 0.0605. The van der Waals surface area contributed by atoms with Crippen LogP contribution in [0.4, 0.5) is 0 Å². The first kappa shape index (κ1) is 10.1. The Labute approximate surface area is 81.0 Å². The van der Waals surface area contributed by atoms with Crippen molar-refractivity contribution in [1.82, 2.24) is 0 Å². The molecule has 0 radical (unpaired) electrons. The van der Waals surface area contributed by atoms with Gasteiger partial charge in [0, 0.05) is 5.29 Å². The predicted octanol–water partition coefficient (Wildman–Crippen LogP) is 2.56. The number of carbonyl (C=O) groups excluding carboxylic acids is 1. The molecule has 0 heterocycles. The van der Waals surface area contributed by atoms with Gasteiger partial charge in [0.1, 0.15) is 0 Å². The van der Waals surface area contributed by atoms with E-state index in [1.165, 1.54) is 5.56 Å². The maximum atomic E-state index is 11.1. The third-order valence-electron chi connectivity index (χ3n) is 2.23. The molecule has 0 bridgehead atoms. The summed E-state index contributed by atoms with van der Waals surface area (Å²) in [6, 6.07) is 5.95. The summed E-state index contributed by atoms with van der Waals surface area (Å²) in [5.41, 5.74) is 3.35. The number of carbonyl (C=O) groups is 1. The first-order valence-electron chi connectivity index (χ1n) is 4.20. The maximum Gasteiger partial charge on any atom is 0.164 e. The Bertz CT molecular complexity index is 366. The van der Waals surface area contributed by atoms with Gasteiger partial charge >= 0.3 is 0 Å². The van der Waals surface area contributed by atoms with Crippen LogP contribution in [-0.4, -0.2) is 11.1 Å². The lowest BCUT2D eigenvalue weighted by Gasteiger charge is -2.07. The molecule has 0 aliphatic carbocycles. The average molecular weight is 192 g/mol. The lowest BCUT2D eigenvalue weighted by atomic mass is 9.99. The minimum Gasteiger partial charge on any atom is -0.294 e. The zero-order valence-corrected chi connectivity index (χ0v) is 9.14. The van der Waals surface area contributed by atoms with Gasteiger partial charge in [-0.3, -0.25) is 4.79 Å². The van der Waals surface area contributed by atoms with Gasteiger partial charge in [-0.15, -0.1) is 8.86 Å². The normalized spacial score (nSPS) is 9.77. The lowest BCUT2D eigenvalue weighted by molar-refractivity contribution is -0.110. The number of rotatable bonds is 2. The van der Waals surface area contributed by atoms with E-state index in [9.17, 15) is 4.79 Å². The fourth-order valence-corrected chi connectivity index (χ4v) is 1.48. The summed E-state index contributed by atoms with van der Waals surface area (Å²) in [6.07, 6.45) is 0. The van der Waals surface area contributed by atoms with Gasteiger partial charge in [0.25, 0.3) is 0 Å². The second-order valence-electron chi connectivity index (χ2n) is 3.18. The summed E-state index contributed by atoms with van der Waals surface area (Å²) in [7, 11) is 3.36. The van der Waals surface area contributed by atoms with Gasteiger partial charge in [-0.05, 0) is 37.5 Å². The molecule has 0 atom stereocenters. The molecule has 0 aliphatic heterocycles. The summed E-state index contributed by atoms with van der Waals surface area (Å²) >= 11 is 0. The SMILES string of the molecule is CC(=O)C(=P)c1cccc(C)c1C. The van der Waals surface area contributed by atoms with E-state index in [1.54, 1.807) is 6.92 Å². The van der Waals surface area contributed by atoms with Gasteiger partial charge in [0.05, 0.1) is 0 Å². The molecule has 0 unspecified atom stereocenters. The summed E-state index contributed by atoms with van der Waals surface area (Å²) in [5, 5.41) is 0.654. The number of hydrogen-bond donors (Lipinski definition) is 0. The van der Waals surface area contributed by atoms with E-state index in [1.807, 2.05) is 32.0 Å². The lowest BCUT2D eigenvalue weighted by Crippen LogP contribution is -2.09. The van der Waals surface area contributed by atoms with Crippen LogP contribution in [0.5, 0.6) is 0 Å². The van der Waals surface area contributed by atoms with Crippen LogP contribution in [0.1, 0.15) is 23.6 Å². The molecule has 0 spiro atoms. The Kier molecular flexibility index (Phi) is 3.00. The first-order chi connectivity index (χ1) is 6.04. The smallest absolute Gasteiger partial charge is 0.164 e. The van der Waals surface area contributed by atoms with Crippen LogP contribution in [0.2, 0.25) is 0 Å². The molecule has 0 saturated heterocycles. The highest BCUT2D eigenvalue weighted by molar-refractivity contribution is 7.26. The Morgan fingerprint density at radius 3 is 2.46 bits per heavy atom. The van der Waals surface area contributed by atoms with E-state index >= 15 is 0 Å². The van der Waals surface area contributed by atoms with Gasteiger partial charge in [-0.1, -0.05) is 18.2 Å². The molecule has 1 aromatic carbocycles.